The first-order valence-corrected chi connectivity index (χ1v) is 6.80. The highest BCUT2D eigenvalue weighted by atomic mass is 19.1. The number of rotatable bonds is 3. The molecule has 0 radical (unpaired) electrons. The summed E-state index contributed by atoms with van der Waals surface area (Å²) in [4.78, 5) is 12.2. The first-order chi connectivity index (χ1) is 9.08. The monoisotopic (exact) mass is 267 g/mol. The summed E-state index contributed by atoms with van der Waals surface area (Å²) in [6.07, 6.45) is 4.78. The summed E-state index contributed by atoms with van der Waals surface area (Å²) in [5, 5.41) is 0. The molecule has 1 aromatic rings. The van der Waals surface area contributed by atoms with Crippen molar-refractivity contribution in [3.05, 3.63) is 35.4 Å². The van der Waals surface area contributed by atoms with Crippen LogP contribution in [0.4, 0.5) is 8.78 Å². The molecule has 0 bridgehead atoms. The molecule has 0 aromatic heterocycles. The topological polar surface area (TPSA) is 43.1 Å². The van der Waals surface area contributed by atoms with Crippen LogP contribution in [0, 0.1) is 17.6 Å². The number of halogens is 2. The standard InChI is InChI=1S/C15H19F2NO/c16-11-7-6-10(13(17)9-11)8-15(19)12-4-2-1-3-5-14(12)18/h6-7,9,12,14H,1-5,8,18H2. The minimum absolute atomic E-state index is 0.00444. The van der Waals surface area contributed by atoms with E-state index in [4.69, 9.17) is 5.73 Å². The average molecular weight is 267 g/mol. The Kier molecular flexibility index (Phi) is 4.64. The summed E-state index contributed by atoms with van der Waals surface area (Å²) in [6, 6.07) is 3.21. The van der Waals surface area contributed by atoms with Crippen LogP contribution in [0.25, 0.3) is 0 Å². The largest absolute Gasteiger partial charge is 0.327 e. The molecule has 0 spiro atoms. The van der Waals surface area contributed by atoms with Gasteiger partial charge < -0.3 is 5.73 Å². The molecule has 0 saturated heterocycles. The smallest absolute Gasteiger partial charge is 0.141 e. The van der Waals surface area contributed by atoms with Crippen molar-refractivity contribution >= 4 is 5.78 Å². The van der Waals surface area contributed by atoms with E-state index in [1.165, 1.54) is 12.1 Å². The van der Waals surface area contributed by atoms with Crippen LogP contribution in [0.15, 0.2) is 18.2 Å². The molecular weight excluding hydrogens is 248 g/mol. The number of ketones is 1. The van der Waals surface area contributed by atoms with Gasteiger partial charge in [-0.05, 0) is 24.5 Å². The van der Waals surface area contributed by atoms with E-state index in [0.717, 1.165) is 38.2 Å². The molecule has 104 valence electrons. The van der Waals surface area contributed by atoms with Crippen LogP contribution < -0.4 is 5.73 Å². The number of Topliss-reactive ketones (excluding diaryl/α,β-unsaturated/α-hetero) is 1. The third kappa shape index (κ3) is 3.60. The summed E-state index contributed by atoms with van der Waals surface area (Å²) in [6.45, 7) is 0. The van der Waals surface area contributed by atoms with Gasteiger partial charge in [0.25, 0.3) is 0 Å². The van der Waals surface area contributed by atoms with Crippen molar-refractivity contribution in [1.29, 1.82) is 0 Å². The van der Waals surface area contributed by atoms with Crippen LogP contribution in [0.3, 0.4) is 0 Å². The van der Waals surface area contributed by atoms with Gasteiger partial charge in [-0.25, -0.2) is 8.78 Å². The van der Waals surface area contributed by atoms with E-state index in [9.17, 15) is 13.6 Å². The van der Waals surface area contributed by atoms with Gasteiger partial charge in [0.05, 0.1) is 0 Å². The zero-order chi connectivity index (χ0) is 13.8. The molecule has 1 aliphatic rings. The number of benzene rings is 1. The van der Waals surface area contributed by atoms with Crippen molar-refractivity contribution in [2.24, 2.45) is 11.7 Å². The second-order valence-electron chi connectivity index (χ2n) is 5.29. The van der Waals surface area contributed by atoms with Gasteiger partial charge in [0, 0.05) is 24.4 Å². The van der Waals surface area contributed by atoms with E-state index in [1.807, 2.05) is 0 Å². The zero-order valence-electron chi connectivity index (χ0n) is 10.9. The Balaban J connectivity index is 2.07. The zero-order valence-corrected chi connectivity index (χ0v) is 10.9. The molecule has 1 fully saturated rings. The SMILES string of the molecule is NC1CCCCCC1C(=O)Cc1ccc(F)cc1F. The van der Waals surface area contributed by atoms with Crippen LogP contribution in [0.5, 0.6) is 0 Å². The molecule has 2 rings (SSSR count). The van der Waals surface area contributed by atoms with Crippen molar-refractivity contribution in [3.8, 4) is 0 Å². The maximum atomic E-state index is 13.5. The molecule has 1 aliphatic carbocycles. The first-order valence-electron chi connectivity index (χ1n) is 6.80. The van der Waals surface area contributed by atoms with E-state index in [2.05, 4.69) is 0 Å². The summed E-state index contributed by atoms with van der Waals surface area (Å²) >= 11 is 0. The molecule has 0 aliphatic heterocycles. The summed E-state index contributed by atoms with van der Waals surface area (Å²) < 4.78 is 26.3. The Morgan fingerprint density at radius 1 is 1.21 bits per heavy atom. The highest BCUT2D eigenvalue weighted by Gasteiger charge is 2.27. The van der Waals surface area contributed by atoms with Gasteiger partial charge in [-0.2, -0.15) is 0 Å². The Morgan fingerprint density at radius 3 is 2.68 bits per heavy atom. The van der Waals surface area contributed by atoms with Crippen LogP contribution in [0.2, 0.25) is 0 Å². The third-order valence-corrected chi connectivity index (χ3v) is 3.86. The number of carbonyl (C=O) groups excluding carboxylic acids is 1. The van der Waals surface area contributed by atoms with Gasteiger partial charge in [0.2, 0.25) is 0 Å². The highest BCUT2D eigenvalue weighted by Crippen LogP contribution is 2.24. The maximum Gasteiger partial charge on any atom is 0.141 e. The van der Waals surface area contributed by atoms with Gasteiger partial charge in [-0.15, -0.1) is 0 Å². The lowest BCUT2D eigenvalue weighted by molar-refractivity contribution is -0.123. The predicted octanol–water partition coefficient (Wildman–Crippen LogP) is 2.98. The first kappa shape index (κ1) is 14.1. The van der Waals surface area contributed by atoms with Gasteiger partial charge in [0.1, 0.15) is 17.4 Å². The summed E-state index contributed by atoms with van der Waals surface area (Å²) in [7, 11) is 0. The maximum absolute atomic E-state index is 13.5. The molecule has 0 amide bonds. The van der Waals surface area contributed by atoms with Crippen LogP contribution in [-0.2, 0) is 11.2 Å². The van der Waals surface area contributed by atoms with E-state index in [0.29, 0.717) is 0 Å². The molecule has 19 heavy (non-hydrogen) atoms. The van der Waals surface area contributed by atoms with Crippen molar-refractivity contribution < 1.29 is 13.6 Å². The second kappa shape index (κ2) is 6.24. The Morgan fingerprint density at radius 2 is 1.95 bits per heavy atom. The van der Waals surface area contributed by atoms with Crippen LogP contribution >= 0.6 is 0 Å². The van der Waals surface area contributed by atoms with Crippen molar-refractivity contribution in [2.45, 2.75) is 44.6 Å². The van der Waals surface area contributed by atoms with Crippen molar-refractivity contribution in [1.82, 2.24) is 0 Å². The molecule has 2 unspecified atom stereocenters. The lowest BCUT2D eigenvalue weighted by Crippen LogP contribution is -2.35. The average Bonchev–Trinajstić information content (AvgIpc) is 2.57. The number of hydrogen-bond acceptors (Lipinski definition) is 2. The third-order valence-electron chi connectivity index (χ3n) is 3.86. The number of carbonyl (C=O) groups is 1. The minimum atomic E-state index is -0.657. The highest BCUT2D eigenvalue weighted by molar-refractivity contribution is 5.84. The number of nitrogens with two attached hydrogens (primary N) is 1. The lowest BCUT2D eigenvalue weighted by Gasteiger charge is -2.20. The normalized spacial score (nSPS) is 23.9. The summed E-state index contributed by atoms with van der Waals surface area (Å²) in [5.41, 5.74) is 6.27. The van der Waals surface area contributed by atoms with Crippen molar-refractivity contribution in [2.75, 3.05) is 0 Å². The molecule has 2 nitrogen and oxygen atoms in total. The number of hydrogen-bond donors (Lipinski definition) is 1. The second-order valence-corrected chi connectivity index (χ2v) is 5.29. The molecule has 1 aromatic carbocycles. The van der Waals surface area contributed by atoms with E-state index < -0.39 is 11.6 Å². The Labute approximate surface area is 112 Å². The van der Waals surface area contributed by atoms with E-state index in [-0.39, 0.29) is 29.7 Å². The lowest BCUT2D eigenvalue weighted by atomic mass is 9.88. The van der Waals surface area contributed by atoms with E-state index in [1.54, 1.807) is 0 Å². The van der Waals surface area contributed by atoms with Gasteiger partial charge >= 0.3 is 0 Å². The van der Waals surface area contributed by atoms with Crippen molar-refractivity contribution in [3.63, 3.8) is 0 Å². The fourth-order valence-corrected chi connectivity index (χ4v) is 2.72. The molecule has 0 heterocycles. The van der Waals surface area contributed by atoms with Gasteiger partial charge in [-0.3, -0.25) is 4.79 Å². The quantitative estimate of drug-likeness (QED) is 0.855. The Bertz CT molecular complexity index is 461. The molecule has 2 atom stereocenters. The molecule has 4 heteroatoms. The molecule has 1 saturated carbocycles. The van der Waals surface area contributed by atoms with E-state index >= 15 is 0 Å². The molecule has 2 N–H and O–H groups in total. The minimum Gasteiger partial charge on any atom is -0.327 e. The van der Waals surface area contributed by atoms with Crippen LogP contribution in [-0.4, -0.2) is 11.8 Å². The Hall–Kier alpha value is -1.29. The molecular formula is C15H19F2NO. The fourth-order valence-electron chi connectivity index (χ4n) is 2.72. The van der Waals surface area contributed by atoms with Gasteiger partial charge in [-0.1, -0.05) is 25.3 Å². The fraction of sp³-hybridized carbons (Fsp3) is 0.533. The predicted molar refractivity (Wildman–Crippen MR) is 69.6 cm³/mol. The van der Waals surface area contributed by atoms with Crippen LogP contribution in [0.1, 0.15) is 37.7 Å². The van der Waals surface area contributed by atoms with Gasteiger partial charge in [0.15, 0.2) is 0 Å². The summed E-state index contributed by atoms with van der Waals surface area (Å²) in [5.74, 6) is -1.50.